The van der Waals surface area contributed by atoms with Gasteiger partial charge < -0.3 is 24.1 Å². The minimum Gasteiger partial charge on any atom is -0.493 e. The quantitative estimate of drug-likeness (QED) is 0.457. The van der Waals surface area contributed by atoms with Gasteiger partial charge in [0, 0.05) is 25.7 Å². The first kappa shape index (κ1) is 27.2. The molecule has 0 bridgehead atoms. The third kappa shape index (κ3) is 7.37. The Morgan fingerprint density at radius 2 is 1.86 bits per heavy atom. The lowest BCUT2D eigenvalue weighted by molar-refractivity contribution is -0.146. The second-order valence-electron chi connectivity index (χ2n) is 9.71. The molecule has 0 radical (unpaired) electrons. The molecule has 202 valence electrons. The standard InChI is InChI=1S/C29H40N2O6/c1-34-27-12-10-22(20-28(27)35-2)9-11-25(31-13-4-3-8-26(31)29(32)33)23-6-5-7-24(21-23)37-19-16-30-14-17-36-18-15-30/h5-7,10,12,20-21,25-26H,3-4,8-9,11,13-19H2,1-2H3,(H,32,33). The average Bonchev–Trinajstić information content (AvgIpc) is 2.94. The number of benzene rings is 2. The van der Waals surface area contributed by atoms with E-state index in [1.165, 1.54) is 0 Å². The van der Waals surface area contributed by atoms with Crippen LogP contribution < -0.4 is 14.2 Å². The fourth-order valence-electron chi connectivity index (χ4n) is 5.38. The molecule has 2 fully saturated rings. The van der Waals surface area contributed by atoms with Crippen LogP contribution in [0.25, 0.3) is 0 Å². The summed E-state index contributed by atoms with van der Waals surface area (Å²) >= 11 is 0. The summed E-state index contributed by atoms with van der Waals surface area (Å²) in [6.07, 6.45) is 4.21. The number of carboxylic acids is 1. The number of carbonyl (C=O) groups is 1. The minimum absolute atomic E-state index is 0.0303. The Labute approximate surface area is 220 Å². The van der Waals surface area contributed by atoms with E-state index in [1.807, 2.05) is 24.3 Å². The van der Waals surface area contributed by atoms with Crippen molar-refractivity contribution in [1.82, 2.24) is 9.80 Å². The van der Waals surface area contributed by atoms with E-state index in [-0.39, 0.29) is 6.04 Å². The monoisotopic (exact) mass is 512 g/mol. The second-order valence-corrected chi connectivity index (χ2v) is 9.71. The topological polar surface area (TPSA) is 80.7 Å². The Hall–Kier alpha value is -2.81. The second kappa shape index (κ2) is 13.7. The summed E-state index contributed by atoms with van der Waals surface area (Å²) in [6, 6.07) is 13.7. The number of likely N-dealkylation sites (tertiary alicyclic amines) is 1. The molecule has 8 heteroatoms. The van der Waals surface area contributed by atoms with Crippen molar-refractivity contribution in [2.75, 3.05) is 60.2 Å². The van der Waals surface area contributed by atoms with Gasteiger partial charge in [-0.1, -0.05) is 24.6 Å². The van der Waals surface area contributed by atoms with Crippen LogP contribution in [-0.2, 0) is 16.0 Å². The highest BCUT2D eigenvalue weighted by Gasteiger charge is 2.34. The van der Waals surface area contributed by atoms with E-state index in [2.05, 4.69) is 28.0 Å². The van der Waals surface area contributed by atoms with Crippen molar-refractivity contribution in [2.24, 2.45) is 0 Å². The maximum atomic E-state index is 12.2. The van der Waals surface area contributed by atoms with E-state index in [0.717, 1.165) is 82.0 Å². The summed E-state index contributed by atoms with van der Waals surface area (Å²) in [5.41, 5.74) is 2.22. The Morgan fingerprint density at radius 3 is 2.62 bits per heavy atom. The summed E-state index contributed by atoms with van der Waals surface area (Å²) in [4.78, 5) is 16.7. The Bertz CT molecular complexity index is 1010. The van der Waals surface area contributed by atoms with Crippen molar-refractivity contribution in [2.45, 2.75) is 44.2 Å². The fraction of sp³-hybridized carbons (Fsp3) is 0.552. The van der Waals surface area contributed by atoms with E-state index in [0.29, 0.717) is 24.5 Å². The molecule has 0 aromatic heterocycles. The van der Waals surface area contributed by atoms with E-state index in [4.69, 9.17) is 18.9 Å². The van der Waals surface area contributed by atoms with Gasteiger partial charge in [0.1, 0.15) is 18.4 Å². The molecule has 2 atom stereocenters. The summed E-state index contributed by atoms with van der Waals surface area (Å²) < 4.78 is 22.4. The molecule has 2 aliphatic heterocycles. The zero-order valence-corrected chi connectivity index (χ0v) is 22.1. The van der Waals surface area contributed by atoms with Crippen molar-refractivity contribution in [1.29, 1.82) is 0 Å². The number of aryl methyl sites for hydroxylation is 1. The van der Waals surface area contributed by atoms with Gasteiger partial charge in [-0.25, -0.2) is 0 Å². The predicted molar refractivity (Wildman–Crippen MR) is 142 cm³/mol. The third-order valence-corrected chi connectivity index (χ3v) is 7.41. The zero-order valence-electron chi connectivity index (χ0n) is 22.1. The van der Waals surface area contributed by atoms with Crippen LogP contribution in [0.15, 0.2) is 42.5 Å². The number of carboxylic acid groups (broad SMARTS) is 1. The Kier molecular flexibility index (Phi) is 10.0. The van der Waals surface area contributed by atoms with Gasteiger partial charge in [0.25, 0.3) is 0 Å². The molecule has 2 saturated heterocycles. The van der Waals surface area contributed by atoms with Gasteiger partial charge in [0.15, 0.2) is 11.5 Å². The maximum absolute atomic E-state index is 12.2. The highest BCUT2D eigenvalue weighted by molar-refractivity contribution is 5.73. The van der Waals surface area contributed by atoms with Gasteiger partial charge in [-0.15, -0.1) is 0 Å². The molecule has 2 heterocycles. The number of methoxy groups -OCH3 is 2. The molecule has 8 nitrogen and oxygen atoms in total. The molecule has 37 heavy (non-hydrogen) atoms. The van der Waals surface area contributed by atoms with Crippen LogP contribution >= 0.6 is 0 Å². The third-order valence-electron chi connectivity index (χ3n) is 7.41. The van der Waals surface area contributed by atoms with Crippen LogP contribution in [0.3, 0.4) is 0 Å². The Balaban J connectivity index is 1.51. The first-order valence-corrected chi connectivity index (χ1v) is 13.3. The normalized spacial score (nSPS) is 19.8. The van der Waals surface area contributed by atoms with Crippen LogP contribution in [0.5, 0.6) is 17.2 Å². The lowest BCUT2D eigenvalue weighted by Crippen LogP contribution is -2.46. The number of hydrogen-bond donors (Lipinski definition) is 1. The van der Waals surface area contributed by atoms with Gasteiger partial charge in [-0.2, -0.15) is 0 Å². The fourth-order valence-corrected chi connectivity index (χ4v) is 5.38. The summed E-state index contributed by atoms with van der Waals surface area (Å²) in [5.74, 6) is 1.49. The summed E-state index contributed by atoms with van der Waals surface area (Å²) in [6.45, 7) is 5.68. The van der Waals surface area contributed by atoms with Gasteiger partial charge in [0.2, 0.25) is 0 Å². The smallest absolute Gasteiger partial charge is 0.320 e. The lowest BCUT2D eigenvalue weighted by atomic mass is 9.92. The van der Waals surface area contributed by atoms with Crippen LogP contribution in [0, 0.1) is 0 Å². The van der Waals surface area contributed by atoms with Gasteiger partial charge >= 0.3 is 5.97 Å². The number of aliphatic carboxylic acids is 1. The zero-order chi connectivity index (χ0) is 26.0. The van der Waals surface area contributed by atoms with E-state index in [1.54, 1.807) is 14.2 Å². The van der Waals surface area contributed by atoms with Crippen molar-refractivity contribution in [3.8, 4) is 17.2 Å². The highest BCUT2D eigenvalue weighted by Crippen LogP contribution is 2.35. The van der Waals surface area contributed by atoms with Gasteiger partial charge in [-0.3, -0.25) is 14.6 Å². The average molecular weight is 513 g/mol. The first-order chi connectivity index (χ1) is 18.1. The molecule has 4 rings (SSSR count). The molecular formula is C29H40N2O6. The number of hydrogen-bond acceptors (Lipinski definition) is 7. The van der Waals surface area contributed by atoms with Crippen molar-refractivity contribution < 1.29 is 28.8 Å². The number of rotatable bonds is 12. The molecule has 2 aromatic carbocycles. The maximum Gasteiger partial charge on any atom is 0.320 e. The van der Waals surface area contributed by atoms with Crippen LogP contribution in [0.2, 0.25) is 0 Å². The molecule has 2 aromatic rings. The van der Waals surface area contributed by atoms with Crippen LogP contribution in [0.4, 0.5) is 0 Å². The van der Waals surface area contributed by atoms with E-state index >= 15 is 0 Å². The van der Waals surface area contributed by atoms with E-state index in [9.17, 15) is 9.90 Å². The molecule has 0 aliphatic carbocycles. The van der Waals surface area contributed by atoms with Gasteiger partial charge in [-0.05, 0) is 67.6 Å². The number of nitrogens with zero attached hydrogens (tertiary/aromatic N) is 2. The number of piperidine rings is 1. The van der Waals surface area contributed by atoms with E-state index < -0.39 is 12.0 Å². The van der Waals surface area contributed by atoms with Gasteiger partial charge in [0.05, 0.1) is 27.4 Å². The molecule has 2 unspecified atom stereocenters. The lowest BCUT2D eigenvalue weighted by Gasteiger charge is -2.39. The predicted octanol–water partition coefficient (Wildman–Crippen LogP) is 4.03. The number of ether oxygens (including phenoxy) is 4. The Morgan fingerprint density at radius 1 is 1.05 bits per heavy atom. The molecular weight excluding hydrogens is 472 g/mol. The molecule has 0 saturated carbocycles. The van der Waals surface area contributed by atoms with Crippen molar-refractivity contribution >= 4 is 5.97 Å². The molecule has 2 aliphatic rings. The van der Waals surface area contributed by atoms with Crippen LogP contribution in [0.1, 0.15) is 42.9 Å². The summed E-state index contributed by atoms with van der Waals surface area (Å²) in [5, 5.41) is 10.00. The highest BCUT2D eigenvalue weighted by atomic mass is 16.5. The molecule has 0 spiro atoms. The largest absolute Gasteiger partial charge is 0.493 e. The minimum atomic E-state index is -0.742. The van der Waals surface area contributed by atoms with Crippen molar-refractivity contribution in [3.05, 3.63) is 53.6 Å². The SMILES string of the molecule is COc1ccc(CCC(c2cccc(OCCN3CCOCC3)c2)N2CCCCC2C(=O)O)cc1OC. The van der Waals surface area contributed by atoms with Crippen molar-refractivity contribution in [3.63, 3.8) is 0 Å². The molecule has 1 N–H and O–H groups in total. The number of morpholine rings is 1. The van der Waals surface area contributed by atoms with Crippen LogP contribution in [-0.4, -0.2) is 87.1 Å². The molecule has 0 amide bonds. The summed E-state index contributed by atoms with van der Waals surface area (Å²) in [7, 11) is 3.27. The first-order valence-electron chi connectivity index (χ1n) is 13.3.